The molecule has 0 bridgehead atoms. The van der Waals surface area contributed by atoms with Crippen molar-refractivity contribution in [1.29, 1.82) is 0 Å². The molecule has 0 radical (unpaired) electrons. The van der Waals surface area contributed by atoms with Gasteiger partial charge in [0, 0.05) is 19.5 Å². The number of benzene rings is 1. The number of hydrogen-bond donors (Lipinski definition) is 2. The van der Waals surface area contributed by atoms with Gasteiger partial charge in [-0.05, 0) is 32.1 Å². The molecule has 1 aromatic heterocycles. The van der Waals surface area contributed by atoms with E-state index >= 15 is 0 Å². The van der Waals surface area contributed by atoms with E-state index in [0.717, 1.165) is 18.5 Å². The molecule has 1 amide bonds. The van der Waals surface area contributed by atoms with Crippen LogP contribution < -0.4 is 10.6 Å². The fourth-order valence-electron chi connectivity index (χ4n) is 1.90. The maximum Gasteiger partial charge on any atom is 0.226 e. The number of nitrogens with zero attached hydrogens (tertiary/aromatic N) is 2. The van der Waals surface area contributed by atoms with Gasteiger partial charge in [-0.15, -0.1) is 12.4 Å². The summed E-state index contributed by atoms with van der Waals surface area (Å²) in [4.78, 5) is 15.9. The fourth-order valence-corrected chi connectivity index (χ4v) is 1.90. The van der Waals surface area contributed by atoms with Gasteiger partial charge in [0.15, 0.2) is 0 Å². The van der Waals surface area contributed by atoms with Crippen LogP contribution in [0.3, 0.4) is 0 Å². The Morgan fingerprint density at radius 2 is 2.20 bits per heavy atom. The Kier molecular flexibility index (Phi) is 5.91. The number of hydrogen-bond acceptors (Lipinski definition) is 3. The monoisotopic (exact) mass is 300 g/mol. The smallest absolute Gasteiger partial charge is 0.226 e. The number of halogens is 2. The molecule has 1 heterocycles. The summed E-state index contributed by atoms with van der Waals surface area (Å²) < 4.78 is 14.8. The molecule has 0 aliphatic rings. The number of aryl methyl sites for hydroxylation is 1. The van der Waals surface area contributed by atoms with Crippen molar-refractivity contribution in [1.82, 2.24) is 14.9 Å². The Hall–Kier alpha value is -1.66. The third kappa shape index (κ3) is 3.68. The molecule has 5 nitrogen and oxygen atoms in total. The number of amides is 1. The molecule has 7 heteroatoms. The van der Waals surface area contributed by atoms with Crippen molar-refractivity contribution in [3.05, 3.63) is 24.0 Å². The predicted molar refractivity (Wildman–Crippen MR) is 79.7 cm³/mol. The number of fused-ring (bicyclic) bond motifs is 1. The van der Waals surface area contributed by atoms with Crippen molar-refractivity contribution in [3.8, 4) is 0 Å². The number of carbonyl (C=O) groups excluding carboxylic acids is 1. The van der Waals surface area contributed by atoms with Gasteiger partial charge in [0.25, 0.3) is 0 Å². The minimum atomic E-state index is -0.336. The van der Waals surface area contributed by atoms with E-state index in [2.05, 4.69) is 15.6 Å². The van der Waals surface area contributed by atoms with Gasteiger partial charge >= 0.3 is 0 Å². The summed E-state index contributed by atoms with van der Waals surface area (Å²) in [5.41, 5.74) is 1.32. The number of nitrogens with one attached hydrogen (secondary N) is 2. The average Bonchev–Trinajstić information content (AvgIpc) is 2.66. The molecule has 1 aromatic carbocycles. The van der Waals surface area contributed by atoms with E-state index in [9.17, 15) is 9.18 Å². The van der Waals surface area contributed by atoms with Gasteiger partial charge in [-0.2, -0.15) is 0 Å². The van der Waals surface area contributed by atoms with E-state index in [4.69, 9.17) is 0 Å². The molecule has 0 saturated carbocycles. The molecule has 110 valence electrons. The number of aromatic nitrogens is 2. The first-order valence-electron chi connectivity index (χ1n) is 6.18. The van der Waals surface area contributed by atoms with Crippen molar-refractivity contribution in [2.45, 2.75) is 12.8 Å². The second kappa shape index (κ2) is 7.21. The quantitative estimate of drug-likeness (QED) is 0.831. The number of imidazole rings is 1. The van der Waals surface area contributed by atoms with Crippen LogP contribution >= 0.6 is 12.4 Å². The third-order valence-corrected chi connectivity index (χ3v) is 2.92. The second-order valence-corrected chi connectivity index (χ2v) is 4.38. The summed E-state index contributed by atoms with van der Waals surface area (Å²) in [6, 6.07) is 4.38. The minimum absolute atomic E-state index is 0. The molecule has 2 rings (SSSR count). The van der Waals surface area contributed by atoms with Crippen LogP contribution in [0.5, 0.6) is 0 Å². The molecule has 2 aromatic rings. The van der Waals surface area contributed by atoms with Crippen LogP contribution in [0.2, 0.25) is 0 Å². The first kappa shape index (κ1) is 16.4. The first-order valence-corrected chi connectivity index (χ1v) is 6.18. The van der Waals surface area contributed by atoms with Gasteiger partial charge in [-0.25, -0.2) is 9.37 Å². The normalized spacial score (nSPS) is 10.3. The Balaban J connectivity index is 0.00000200. The Labute approximate surface area is 123 Å². The minimum Gasteiger partial charge on any atom is -0.320 e. The topological polar surface area (TPSA) is 59.0 Å². The van der Waals surface area contributed by atoms with Crippen LogP contribution in [0.1, 0.15) is 12.8 Å². The second-order valence-electron chi connectivity index (χ2n) is 4.38. The van der Waals surface area contributed by atoms with Crippen LogP contribution in [0.25, 0.3) is 11.0 Å². The highest BCUT2D eigenvalue weighted by Gasteiger charge is 2.11. The highest BCUT2D eigenvalue weighted by atomic mass is 35.5. The third-order valence-electron chi connectivity index (χ3n) is 2.92. The van der Waals surface area contributed by atoms with Crippen molar-refractivity contribution >= 4 is 35.3 Å². The van der Waals surface area contributed by atoms with Gasteiger partial charge in [0.05, 0.1) is 11.0 Å². The molecule has 0 aliphatic carbocycles. The molecule has 0 atom stereocenters. The summed E-state index contributed by atoms with van der Waals surface area (Å²) in [5, 5.41) is 5.72. The summed E-state index contributed by atoms with van der Waals surface area (Å²) in [6.07, 6.45) is 1.19. The van der Waals surface area contributed by atoms with Crippen molar-refractivity contribution < 1.29 is 9.18 Å². The lowest BCUT2D eigenvalue weighted by atomic mass is 10.3. The predicted octanol–water partition coefficient (Wildman–Crippen LogP) is 2.07. The van der Waals surface area contributed by atoms with Gasteiger partial charge in [0.2, 0.25) is 11.9 Å². The van der Waals surface area contributed by atoms with Crippen molar-refractivity contribution in [3.63, 3.8) is 0 Å². The zero-order chi connectivity index (χ0) is 13.8. The molecule has 0 spiro atoms. The number of carbonyl (C=O) groups is 1. The molecular formula is C13H18ClFN4O. The molecule has 0 aliphatic heterocycles. The van der Waals surface area contributed by atoms with Crippen LogP contribution in [0.15, 0.2) is 18.2 Å². The van der Waals surface area contributed by atoms with Gasteiger partial charge in [-0.1, -0.05) is 0 Å². The Bertz CT molecular complexity index is 599. The maximum atomic E-state index is 13.1. The lowest BCUT2D eigenvalue weighted by molar-refractivity contribution is -0.116. The van der Waals surface area contributed by atoms with Gasteiger partial charge in [-0.3, -0.25) is 10.1 Å². The summed E-state index contributed by atoms with van der Waals surface area (Å²) >= 11 is 0. The summed E-state index contributed by atoms with van der Waals surface area (Å²) in [7, 11) is 3.63. The number of rotatable bonds is 5. The van der Waals surface area contributed by atoms with Gasteiger partial charge < -0.3 is 9.88 Å². The van der Waals surface area contributed by atoms with Crippen LogP contribution in [-0.4, -0.2) is 29.1 Å². The standard InChI is InChI=1S/C13H17FN4O.ClH/c1-15-7-3-4-12(19)17-13-16-10-8-9(14)5-6-11(10)18(13)2;/h5-6,8,15H,3-4,7H2,1-2H3,(H,16,17,19);1H. The van der Waals surface area contributed by atoms with Crippen molar-refractivity contribution in [2.75, 3.05) is 18.9 Å². The van der Waals surface area contributed by atoms with E-state index in [1.807, 2.05) is 7.05 Å². The SMILES string of the molecule is CNCCCC(=O)Nc1nc2cc(F)ccc2n1C.Cl. The average molecular weight is 301 g/mol. The zero-order valence-electron chi connectivity index (χ0n) is 11.4. The molecule has 0 fully saturated rings. The van der Waals surface area contributed by atoms with Crippen LogP contribution in [0.4, 0.5) is 10.3 Å². The van der Waals surface area contributed by atoms with Crippen molar-refractivity contribution in [2.24, 2.45) is 7.05 Å². The van der Waals surface area contributed by atoms with Crippen LogP contribution in [0, 0.1) is 5.82 Å². The van der Waals surface area contributed by atoms with E-state index < -0.39 is 0 Å². The first-order chi connectivity index (χ1) is 9.11. The zero-order valence-corrected chi connectivity index (χ0v) is 12.3. The van der Waals surface area contributed by atoms with E-state index in [0.29, 0.717) is 17.9 Å². The molecule has 2 N–H and O–H groups in total. The molecule has 20 heavy (non-hydrogen) atoms. The van der Waals surface area contributed by atoms with E-state index in [-0.39, 0.29) is 24.1 Å². The van der Waals surface area contributed by atoms with Crippen LogP contribution in [-0.2, 0) is 11.8 Å². The maximum absolute atomic E-state index is 13.1. The molecule has 0 unspecified atom stereocenters. The highest BCUT2D eigenvalue weighted by Crippen LogP contribution is 2.19. The van der Waals surface area contributed by atoms with E-state index in [1.165, 1.54) is 12.1 Å². The summed E-state index contributed by atoms with van der Waals surface area (Å²) in [6.45, 7) is 0.793. The summed E-state index contributed by atoms with van der Waals surface area (Å²) in [5.74, 6) is 0.0154. The Morgan fingerprint density at radius 3 is 2.90 bits per heavy atom. The molecule has 0 saturated heterocycles. The fraction of sp³-hybridized carbons (Fsp3) is 0.385. The highest BCUT2D eigenvalue weighted by molar-refractivity contribution is 5.91. The molecular weight excluding hydrogens is 283 g/mol. The Morgan fingerprint density at radius 1 is 1.45 bits per heavy atom. The largest absolute Gasteiger partial charge is 0.320 e. The lowest BCUT2D eigenvalue weighted by Crippen LogP contribution is -2.17. The van der Waals surface area contributed by atoms with E-state index in [1.54, 1.807) is 17.7 Å². The lowest BCUT2D eigenvalue weighted by Gasteiger charge is -2.04. The van der Waals surface area contributed by atoms with Gasteiger partial charge in [0.1, 0.15) is 5.82 Å². The number of anilines is 1.